The maximum atomic E-state index is 12.0. The van der Waals surface area contributed by atoms with Crippen LogP contribution in [0.2, 0.25) is 0 Å². The van der Waals surface area contributed by atoms with Crippen molar-refractivity contribution >= 4 is 0 Å². The molecule has 20 nitrogen and oxygen atoms in total. The van der Waals surface area contributed by atoms with Gasteiger partial charge in [-0.25, -0.2) is 0 Å². The molecular weight excluding hydrogens is 860 g/mol. The lowest BCUT2D eigenvalue weighted by Gasteiger charge is -2.63. The van der Waals surface area contributed by atoms with E-state index in [0.29, 0.717) is 38.5 Å². The van der Waals surface area contributed by atoms with Crippen molar-refractivity contribution in [2.45, 2.75) is 196 Å². The van der Waals surface area contributed by atoms with Crippen LogP contribution in [0.5, 0.6) is 0 Å². The Labute approximate surface area is 378 Å². The van der Waals surface area contributed by atoms with Gasteiger partial charge in [0.05, 0.1) is 50.5 Å². The number of fused-ring (bicyclic) bond motifs is 7. The van der Waals surface area contributed by atoms with E-state index in [9.17, 15) is 66.4 Å². The van der Waals surface area contributed by atoms with Crippen LogP contribution in [0.15, 0.2) is 11.3 Å². The third-order valence-electron chi connectivity index (χ3n) is 17.5. The van der Waals surface area contributed by atoms with E-state index in [4.69, 9.17) is 33.2 Å². The van der Waals surface area contributed by atoms with Crippen LogP contribution in [0.1, 0.15) is 79.1 Å². The second kappa shape index (κ2) is 19.5. The van der Waals surface area contributed by atoms with Crippen molar-refractivity contribution < 1.29 is 99.5 Å². The summed E-state index contributed by atoms with van der Waals surface area (Å²) >= 11 is 0. The van der Waals surface area contributed by atoms with E-state index >= 15 is 0 Å². The minimum atomic E-state index is -1.83. The molecule has 7 fully saturated rings. The minimum Gasteiger partial charge on any atom is -0.494 e. The van der Waals surface area contributed by atoms with Gasteiger partial charge < -0.3 is 99.5 Å². The first-order chi connectivity index (χ1) is 30.8. The van der Waals surface area contributed by atoms with Gasteiger partial charge >= 0.3 is 0 Å². The smallest absolute Gasteiger partial charge is 0.187 e. The SMILES string of the molecule is CC1=C(CC[C@H](C)CO[C@@H]2O[C@H](CO)[C@@H](O)[C@H](O)[C@H]2O)O[C@H]2C[C@H]3[C@@H]4CC[C@@H]5C[C@@H](O)[C@@H](O)C[C@]5(C)[C@H]4CC(O[C@@H]4O[C@H](CO)[C@H](O)[C@H](O[C@@H]5O[C@H](CO)[C@@H](O)[C@H](O)[C@H]5O)[C@H]4O)[C@]3(C)[C@@H]12. The zero-order valence-corrected chi connectivity index (χ0v) is 37.6. The molecule has 0 bridgehead atoms. The molecule has 0 aromatic heterocycles. The van der Waals surface area contributed by atoms with Crippen molar-refractivity contribution in [1.82, 2.24) is 0 Å². The summed E-state index contributed by atoms with van der Waals surface area (Å²) in [7, 11) is 0. The Bertz CT molecular complexity index is 1650. The van der Waals surface area contributed by atoms with E-state index < -0.39 is 136 Å². The maximum absolute atomic E-state index is 12.0. The van der Waals surface area contributed by atoms with Gasteiger partial charge in [-0.15, -0.1) is 0 Å². The first-order valence-corrected chi connectivity index (χ1v) is 23.7. The van der Waals surface area contributed by atoms with Crippen LogP contribution >= 0.6 is 0 Å². The molecule has 27 atom stereocenters. The molecule has 4 aliphatic carbocycles. The molecule has 65 heavy (non-hydrogen) atoms. The molecule has 374 valence electrons. The van der Waals surface area contributed by atoms with Crippen molar-refractivity contribution in [3.63, 3.8) is 0 Å². The summed E-state index contributed by atoms with van der Waals surface area (Å²) in [5.74, 6) is 1.14. The van der Waals surface area contributed by atoms with Crippen molar-refractivity contribution in [2.24, 2.45) is 46.3 Å². The molecule has 20 heteroatoms. The molecule has 4 aliphatic heterocycles. The molecule has 8 rings (SSSR count). The van der Waals surface area contributed by atoms with Crippen LogP contribution in [0, 0.1) is 46.3 Å². The largest absolute Gasteiger partial charge is 0.494 e. The van der Waals surface area contributed by atoms with Gasteiger partial charge in [0.1, 0.15) is 79.4 Å². The molecule has 4 heterocycles. The van der Waals surface area contributed by atoms with Crippen molar-refractivity contribution in [3.05, 3.63) is 11.3 Å². The van der Waals surface area contributed by atoms with Crippen LogP contribution < -0.4 is 0 Å². The summed E-state index contributed by atoms with van der Waals surface area (Å²) in [5.41, 5.74) is 0.104. The summed E-state index contributed by atoms with van der Waals surface area (Å²) in [6, 6.07) is 0. The summed E-state index contributed by atoms with van der Waals surface area (Å²) in [6.07, 6.45) is -20.4. The van der Waals surface area contributed by atoms with Crippen LogP contribution in [0.25, 0.3) is 0 Å². The third-order valence-corrected chi connectivity index (χ3v) is 17.5. The second-order valence-electron chi connectivity index (χ2n) is 21.1. The highest BCUT2D eigenvalue weighted by molar-refractivity contribution is 5.28. The van der Waals surface area contributed by atoms with E-state index in [2.05, 4.69) is 20.8 Å². The van der Waals surface area contributed by atoms with Gasteiger partial charge in [0.25, 0.3) is 0 Å². The average Bonchev–Trinajstić information content (AvgIpc) is 3.77. The molecule has 0 aromatic carbocycles. The molecule has 1 unspecified atom stereocenters. The van der Waals surface area contributed by atoms with Crippen molar-refractivity contribution in [2.75, 3.05) is 26.4 Å². The fourth-order valence-corrected chi connectivity index (χ4v) is 13.7. The zero-order valence-electron chi connectivity index (χ0n) is 37.6. The van der Waals surface area contributed by atoms with E-state index in [0.717, 1.165) is 24.2 Å². The first-order valence-electron chi connectivity index (χ1n) is 23.7. The lowest BCUT2D eigenvalue weighted by Crippen LogP contribution is -2.66. The maximum Gasteiger partial charge on any atom is 0.187 e. The number of ether oxygens (including phenoxy) is 7. The molecular formula is C45H74O20. The van der Waals surface area contributed by atoms with Gasteiger partial charge in [-0.1, -0.05) is 20.8 Å². The Kier molecular flexibility index (Phi) is 15.1. The first kappa shape index (κ1) is 50.2. The molecule has 0 spiro atoms. The fourth-order valence-electron chi connectivity index (χ4n) is 13.7. The second-order valence-corrected chi connectivity index (χ2v) is 21.1. The van der Waals surface area contributed by atoms with E-state index in [1.165, 1.54) is 0 Å². The van der Waals surface area contributed by atoms with Crippen molar-refractivity contribution in [1.29, 1.82) is 0 Å². The summed E-state index contributed by atoms with van der Waals surface area (Å²) in [4.78, 5) is 0. The van der Waals surface area contributed by atoms with Crippen LogP contribution in [-0.4, -0.2) is 209 Å². The van der Waals surface area contributed by atoms with E-state index in [-0.39, 0.29) is 53.6 Å². The highest BCUT2D eigenvalue weighted by atomic mass is 16.7. The average molecular weight is 935 g/mol. The molecule has 3 saturated heterocycles. The Morgan fingerprint density at radius 1 is 0.646 bits per heavy atom. The normalized spacial score (nSPS) is 53.7. The predicted molar refractivity (Wildman–Crippen MR) is 220 cm³/mol. The fraction of sp³-hybridized carbons (Fsp3) is 0.956. The van der Waals surface area contributed by atoms with Gasteiger partial charge in [-0.05, 0) is 92.4 Å². The Morgan fingerprint density at radius 2 is 1.23 bits per heavy atom. The Hall–Kier alpha value is -1.22. The summed E-state index contributed by atoms with van der Waals surface area (Å²) in [5, 5.41) is 137. The Balaban J connectivity index is 1.04. The minimum absolute atomic E-state index is 0.0414. The molecule has 4 saturated carbocycles. The molecule has 0 aromatic rings. The molecule has 8 aliphatic rings. The molecule has 13 N–H and O–H groups in total. The van der Waals surface area contributed by atoms with Gasteiger partial charge in [0, 0.05) is 17.8 Å². The van der Waals surface area contributed by atoms with Crippen LogP contribution in [0.3, 0.4) is 0 Å². The standard InChI is InChI=1S/C45H74O20/c1-17(16-59-41-37(56)35(54)32(51)27(13-46)61-41)5-8-25-18(2)31-26(60-25)10-22-20-7-6-19-9-23(49)24(50)12-44(19,3)21(20)11-30(45(22,31)4)64-43-39(58)40(34(53)29(15-48)63-43)65-42-38(57)36(55)33(52)28(14-47)62-42/h17,19-24,26-43,46-58H,5-16H2,1-4H3/t17-,19+,20+,21-,22-,23+,24-,26-,27+,28+,29+,30?,31-,32+,33+,34-,35-,36-,37+,38+,39+,40-,41+,42-,43-,44-,45+/m0/s1. The van der Waals surface area contributed by atoms with E-state index in [1.54, 1.807) is 0 Å². The van der Waals surface area contributed by atoms with Gasteiger partial charge in [0.15, 0.2) is 18.9 Å². The number of hydrogen-bond acceptors (Lipinski definition) is 20. The predicted octanol–water partition coefficient (Wildman–Crippen LogP) is -2.89. The highest BCUT2D eigenvalue weighted by Gasteiger charge is 2.69. The lowest BCUT2D eigenvalue weighted by atomic mass is 9.43. The van der Waals surface area contributed by atoms with Gasteiger partial charge in [0.2, 0.25) is 0 Å². The Morgan fingerprint density at radius 3 is 1.86 bits per heavy atom. The number of aliphatic hydroxyl groups is 13. The van der Waals surface area contributed by atoms with Crippen LogP contribution in [0.4, 0.5) is 0 Å². The zero-order chi connectivity index (χ0) is 47.0. The third kappa shape index (κ3) is 8.75. The number of aliphatic hydroxyl groups excluding tert-OH is 13. The molecule has 0 amide bonds. The molecule has 0 radical (unpaired) electrons. The number of rotatable bonds is 13. The van der Waals surface area contributed by atoms with Crippen LogP contribution in [-0.2, 0) is 33.2 Å². The summed E-state index contributed by atoms with van der Waals surface area (Å²) < 4.78 is 42.8. The topological polar surface area (TPSA) is 328 Å². The summed E-state index contributed by atoms with van der Waals surface area (Å²) in [6.45, 7) is 6.60. The van der Waals surface area contributed by atoms with Gasteiger partial charge in [-0.3, -0.25) is 0 Å². The quantitative estimate of drug-likeness (QED) is 0.0825. The number of hydrogen-bond donors (Lipinski definition) is 13. The number of allylic oxidation sites excluding steroid dienone is 1. The monoisotopic (exact) mass is 934 g/mol. The van der Waals surface area contributed by atoms with Crippen molar-refractivity contribution in [3.8, 4) is 0 Å². The lowest BCUT2D eigenvalue weighted by molar-refractivity contribution is -0.370. The van der Waals surface area contributed by atoms with Gasteiger partial charge in [-0.2, -0.15) is 0 Å². The highest BCUT2D eigenvalue weighted by Crippen LogP contribution is 2.70. The van der Waals surface area contributed by atoms with E-state index in [1.807, 2.05) is 6.92 Å².